The normalized spacial score (nSPS) is 26.4. The van der Waals surface area contributed by atoms with E-state index >= 15 is 0 Å². The van der Waals surface area contributed by atoms with E-state index in [1.165, 1.54) is 0 Å². The Morgan fingerprint density at radius 3 is 2.79 bits per heavy atom. The van der Waals surface area contributed by atoms with Gasteiger partial charge >= 0.3 is 0 Å². The average molecular weight is 421 g/mol. The molecule has 2 aliphatic heterocycles. The number of aliphatic imine (C=N–C) groups is 1. The standard InChI is InChI=1S/C18H36N4O5S/c1-2-19-17(21-14-18(6-9-23)7-11-26-15-18)20-8-12-28(24,25)22-13-16-5-3-4-10-27-16/h16,22-23H,2-15H2,1H3,(H2,19,20,21). The summed E-state index contributed by atoms with van der Waals surface area (Å²) in [6.45, 7) is 5.87. The fraction of sp³-hybridized carbons (Fsp3) is 0.944. The topological polar surface area (TPSA) is 121 Å². The number of rotatable bonds is 11. The molecule has 0 radical (unpaired) electrons. The van der Waals surface area contributed by atoms with Crippen molar-refractivity contribution in [2.75, 3.05) is 58.4 Å². The van der Waals surface area contributed by atoms with Gasteiger partial charge in [-0.05, 0) is 39.0 Å². The molecule has 164 valence electrons. The largest absolute Gasteiger partial charge is 0.396 e. The van der Waals surface area contributed by atoms with Gasteiger partial charge in [0.2, 0.25) is 10.0 Å². The average Bonchev–Trinajstić information content (AvgIpc) is 3.14. The van der Waals surface area contributed by atoms with Crippen molar-refractivity contribution in [1.82, 2.24) is 15.4 Å². The number of aliphatic hydroxyl groups excluding tert-OH is 1. The smallest absolute Gasteiger partial charge is 0.213 e. The Balaban J connectivity index is 1.77. The van der Waals surface area contributed by atoms with Gasteiger partial charge in [-0.25, -0.2) is 13.1 Å². The summed E-state index contributed by atoms with van der Waals surface area (Å²) in [7, 11) is -3.37. The molecule has 0 saturated carbocycles. The van der Waals surface area contributed by atoms with E-state index < -0.39 is 10.0 Å². The number of nitrogens with one attached hydrogen (secondary N) is 3. The molecule has 2 rings (SSSR count). The van der Waals surface area contributed by atoms with Crippen molar-refractivity contribution in [3.8, 4) is 0 Å². The fourth-order valence-electron chi connectivity index (χ4n) is 3.44. The molecule has 0 aromatic carbocycles. The molecular weight excluding hydrogens is 384 g/mol. The Labute approximate surface area is 168 Å². The quantitative estimate of drug-likeness (QED) is 0.270. The second-order valence-corrected chi connectivity index (χ2v) is 9.48. The van der Waals surface area contributed by atoms with E-state index in [1.54, 1.807) is 0 Å². The van der Waals surface area contributed by atoms with E-state index in [0.717, 1.165) is 25.7 Å². The summed E-state index contributed by atoms with van der Waals surface area (Å²) in [5.74, 6) is 0.548. The third-order valence-electron chi connectivity index (χ3n) is 5.21. The molecule has 2 aliphatic rings. The molecule has 0 aliphatic carbocycles. The van der Waals surface area contributed by atoms with Crippen LogP contribution in [0.4, 0.5) is 0 Å². The Morgan fingerprint density at radius 2 is 2.14 bits per heavy atom. The summed E-state index contributed by atoms with van der Waals surface area (Å²) in [5, 5.41) is 15.5. The third-order valence-corrected chi connectivity index (χ3v) is 6.56. The van der Waals surface area contributed by atoms with E-state index in [9.17, 15) is 13.5 Å². The molecule has 0 aromatic heterocycles. The number of aliphatic hydroxyl groups is 1. The summed E-state index contributed by atoms with van der Waals surface area (Å²) >= 11 is 0. The van der Waals surface area contributed by atoms with Crippen LogP contribution in [0.1, 0.15) is 39.0 Å². The molecule has 4 N–H and O–H groups in total. The van der Waals surface area contributed by atoms with E-state index in [0.29, 0.717) is 51.8 Å². The van der Waals surface area contributed by atoms with Gasteiger partial charge in [0.05, 0.1) is 25.0 Å². The van der Waals surface area contributed by atoms with Gasteiger partial charge in [0, 0.05) is 44.9 Å². The van der Waals surface area contributed by atoms with Crippen molar-refractivity contribution >= 4 is 16.0 Å². The van der Waals surface area contributed by atoms with Gasteiger partial charge in [-0.3, -0.25) is 4.99 Å². The van der Waals surface area contributed by atoms with Crippen molar-refractivity contribution in [3.63, 3.8) is 0 Å². The summed E-state index contributed by atoms with van der Waals surface area (Å²) in [5.41, 5.74) is -0.134. The molecule has 2 atom stereocenters. The molecular formula is C18H36N4O5S. The first kappa shape index (κ1) is 23.3. The fourth-order valence-corrected chi connectivity index (χ4v) is 4.40. The van der Waals surface area contributed by atoms with Crippen LogP contribution in [0.2, 0.25) is 0 Å². The zero-order valence-electron chi connectivity index (χ0n) is 16.9. The second-order valence-electron chi connectivity index (χ2n) is 7.55. The van der Waals surface area contributed by atoms with E-state index in [4.69, 9.17) is 9.47 Å². The highest BCUT2D eigenvalue weighted by Crippen LogP contribution is 2.32. The zero-order valence-corrected chi connectivity index (χ0v) is 17.7. The Hall–Kier alpha value is -0.940. The van der Waals surface area contributed by atoms with E-state index in [-0.39, 0.29) is 30.4 Å². The van der Waals surface area contributed by atoms with E-state index in [1.807, 2.05) is 6.92 Å². The first-order valence-corrected chi connectivity index (χ1v) is 11.9. The van der Waals surface area contributed by atoms with Crippen LogP contribution in [0.15, 0.2) is 4.99 Å². The van der Waals surface area contributed by atoms with Gasteiger partial charge in [0.15, 0.2) is 5.96 Å². The van der Waals surface area contributed by atoms with Crippen LogP contribution in [0, 0.1) is 5.41 Å². The highest BCUT2D eigenvalue weighted by atomic mass is 32.2. The lowest BCUT2D eigenvalue weighted by molar-refractivity contribution is 0.0200. The minimum atomic E-state index is -3.37. The van der Waals surface area contributed by atoms with Crippen molar-refractivity contribution in [2.45, 2.75) is 45.1 Å². The second kappa shape index (κ2) is 11.9. The molecule has 9 nitrogen and oxygen atoms in total. The highest BCUT2D eigenvalue weighted by Gasteiger charge is 2.34. The van der Waals surface area contributed by atoms with Crippen LogP contribution < -0.4 is 15.4 Å². The van der Waals surface area contributed by atoms with Gasteiger partial charge < -0.3 is 25.2 Å². The molecule has 0 amide bonds. The SMILES string of the molecule is CCNC(=NCC1(CCO)CCOC1)NCCS(=O)(=O)NCC1CCCCO1. The lowest BCUT2D eigenvalue weighted by Crippen LogP contribution is -2.43. The molecule has 0 spiro atoms. The van der Waals surface area contributed by atoms with Crippen LogP contribution in [0.3, 0.4) is 0 Å². The molecule has 2 saturated heterocycles. The first-order chi connectivity index (χ1) is 13.5. The lowest BCUT2D eigenvalue weighted by atomic mass is 9.84. The van der Waals surface area contributed by atoms with Gasteiger partial charge in [-0.2, -0.15) is 0 Å². The number of hydrogen-bond acceptors (Lipinski definition) is 6. The van der Waals surface area contributed by atoms with Crippen LogP contribution in [-0.4, -0.2) is 83.9 Å². The van der Waals surface area contributed by atoms with Gasteiger partial charge in [0.1, 0.15) is 0 Å². The van der Waals surface area contributed by atoms with Crippen molar-refractivity contribution in [2.24, 2.45) is 10.4 Å². The molecule has 28 heavy (non-hydrogen) atoms. The minimum absolute atomic E-state index is 0.0216. The van der Waals surface area contributed by atoms with Crippen molar-refractivity contribution in [1.29, 1.82) is 0 Å². The van der Waals surface area contributed by atoms with Crippen molar-refractivity contribution < 1.29 is 23.0 Å². The Morgan fingerprint density at radius 1 is 1.29 bits per heavy atom. The van der Waals surface area contributed by atoms with Crippen LogP contribution in [0.5, 0.6) is 0 Å². The molecule has 2 fully saturated rings. The number of nitrogens with zero attached hydrogens (tertiary/aromatic N) is 1. The number of guanidine groups is 1. The summed E-state index contributed by atoms with van der Waals surface area (Å²) in [6, 6.07) is 0. The van der Waals surface area contributed by atoms with Crippen LogP contribution in [-0.2, 0) is 19.5 Å². The molecule has 0 aromatic rings. The first-order valence-electron chi connectivity index (χ1n) is 10.3. The Kier molecular flexibility index (Phi) is 9.93. The highest BCUT2D eigenvalue weighted by molar-refractivity contribution is 7.89. The monoisotopic (exact) mass is 420 g/mol. The number of sulfonamides is 1. The number of hydrogen-bond donors (Lipinski definition) is 4. The zero-order chi connectivity index (χ0) is 20.3. The minimum Gasteiger partial charge on any atom is -0.396 e. The number of ether oxygens (including phenoxy) is 2. The van der Waals surface area contributed by atoms with Gasteiger partial charge in [0.25, 0.3) is 0 Å². The summed E-state index contributed by atoms with van der Waals surface area (Å²) < 4.78 is 38.1. The Bertz CT molecular complexity index is 573. The molecule has 2 unspecified atom stereocenters. The predicted octanol–water partition coefficient (Wildman–Crippen LogP) is -0.181. The van der Waals surface area contributed by atoms with Crippen molar-refractivity contribution in [3.05, 3.63) is 0 Å². The summed E-state index contributed by atoms with van der Waals surface area (Å²) in [6.07, 6.45) is 4.53. The maximum atomic E-state index is 12.2. The maximum Gasteiger partial charge on any atom is 0.213 e. The lowest BCUT2D eigenvalue weighted by Gasteiger charge is -2.25. The predicted molar refractivity (Wildman–Crippen MR) is 109 cm³/mol. The molecule has 0 bridgehead atoms. The summed E-state index contributed by atoms with van der Waals surface area (Å²) in [4.78, 5) is 4.59. The maximum absolute atomic E-state index is 12.2. The molecule has 2 heterocycles. The van der Waals surface area contributed by atoms with Gasteiger partial charge in [-0.1, -0.05) is 0 Å². The van der Waals surface area contributed by atoms with Crippen LogP contribution in [0.25, 0.3) is 0 Å². The van der Waals surface area contributed by atoms with Crippen LogP contribution >= 0.6 is 0 Å². The third kappa shape index (κ3) is 8.20. The molecule has 10 heteroatoms. The van der Waals surface area contributed by atoms with E-state index in [2.05, 4.69) is 20.3 Å². The van der Waals surface area contributed by atoms with Gasteiger partial charge in [-0.15, -0.1) is 0 Å².